The van der Waals surface area contributed by atoms with Crippen molar-refractivity contribution in [1.29, 1.82) is 0 Å². The summed E-state index contributed by atoms with van der Waals surface area (Å²) in [6.45, 7) is 7.93. The number of carbonyl (C=O) groups excluding carboxylic acids is 1. The zero-order valence-electron chi connectivity index (χ0n) is 15.8. The fourth-order valence-corrected chi connectivity index (χ4v) is 4.36. The Morgan fingerprint density at radius 1 is 1.15 bits per heavy atom. The number of hydrogen-bond donors (Lipinski definition) is 3. The second kappa shape index (κ2) is 6.23. The van der Waals surface area contributed by atoms with Gasteiger partial charge in [0.1, 0.15) is 11.7 Å². The van der Waals surface area contributed by atoms with Gasteiger partial charge in [-0.15, -0.1) is 0 Å². The van der Waals surface area contributed by atoms with Gasteiger partial charge in [0.05, 0.1) is 6.04 Å². The number of nitrogens with one attached hydrogen (secondary N) is 3. The van der Waals surface area contributed by atoms with Crippen LogP contribution in [0.4, 0.5) is 5.69 Å². The van der Waals surface area contributed by atoms with E-state index >= 15 is 0 Å². The maximum Gasteiger partial charge on any atom is 0.236 e. The molecule has 6 heteroatoms. The Morgan fingerprint density at radius 2 is 1.85 bits per heavy atom. The van der Waals surface area contributed by atoms with Gasteiger partial charge in [0, 0.05) is 11.3 Å². The second-order valence-electron chi connectivity index (χ2n) is 7.61. The molecule has 2 aliphatic heterocycles. The average molecular weight is 382 g/mol. The Kier molecular flexibility index (Phi) is 4.11. The van der Waals surface area contributed by atoms with Crippen LogP contribution >= 0.6 is 12.2 Å². The molecule has 4 rings (SSSR count). The molecule has 1 saturated heterocycles. The minimum atomic E-state index is -0.919. The van der Waals surface area contributed by atoms with Crippen molar-refractivity contribution in [3.63, 3.8) is 0 Å². The monoisotopic (exact) mass is 381 g/mol. The molecule has 2 aliphatic rings. The van der Waals surface area contributed by atoms with E-state index in [0.717, 1.165) is 33.7 Å². The van der Waals surface area contributed by atoms with E-state index in [9.17, 15) is 4.79 Å². The van der Waals surface area contributed by atoms with E-state index in [4.69, 9.17) is 17.0 Å². The van der Waals surface area contributed by atoms with Crippen LogP contribution in [0.5, 0.6) is 5.75 Å². The highest BCUT2D eigenvalue weighted by Crippen LogP contribution is 2.45. The van der Waals surface area contributed by atoms with Gasteiger partial charge in [0.2, 0.25) is 5.91 Å². The molecule has 3 N–H and O–H groups in total. The van der Waals surface area contributed by atoms with E-state index < -0.39 is 11.6 Å². The molecule has 140 valence electrons. The number of thiocarbonyl (C=S) groups is 1. The fraction of sp³-hybridized carbons (Fsp3) is 0.333. The van der Waals surface area contributed by atoms with E-state index in [1.807, 2.05) is 52.0 Å². The predicted molar refractivity (Wildman–Crippen MR) is 110 cm³/mol. The SMILES string of the molecule is Cc1ccc(NC(=O)C2C3NC(=S)N[C@@]2(C)Oc2ccc(C)cc23)c(C)c1. The van der Waals surface area contributed by atoms with Gasteiger partial charge >= 0.3 is 0 Å². The first-order valence-electron chi connectivity index (χ1n) is 9.03. The van der Waals surface area contributed by atoms with Crippen molar-refractivity contribution in [2.24, 2.45) is 5.92 Å². The van der Waals surface area contributed by atoms with Crippen LogP contribution in [0.15, 0.2) is 36.4 Å². The molecule has 0 radical (unpaired) electrons. The molecular weight excluding hydrogens is 358 g/mol. The van der Waals surface area contributed by atoms with E-state index in [-0.39, 0.29) is 11.9 Å². The van der Waals surface area contributed by atoms with Gasteiger partial charge in [-0.1, -0.05) is 35.4 Å². The van der Waals surface area contributed by atoms with Gasteiger partial charge in [-0.05, 0) is 57.6 Å². The van der Waals surface area contributed by atoms with Gasteiger partial charge in [0.15, 0.2) is 10.8 Å². The summed E-state index contributed by atoms with van der Waals surface area (Å²) in [5.41, 5.74) is 4.15. The van der Waals surface area contributed by atoms with Gasteiger partial charge in [-0.2, -0.15) is 0 Å². The average Bonchev–Trinajstić information content (AvgIpc) is 2.57. The lowest BCUT2D eigenvalue weighted by molar-refractivity contribution is -0.132. The summed E-state index contributed by atoms with van der Waals surface area (Å²) in [4.78, 5) is 13.3. The third-order valence-electron chi connectivity index (χ3n) is 5.32. The topological polar surface area (TPSA) is 62.4 Å². The van der Waals surface area contributed by atoms with Crippen molar-refractivity contribution in [2.45, 2.75) is 39.5 Å². The number of benzene rings is 2. The van der Waals surface area contributed by atoms with Crippen LogP contribution in [0.1, 0.15) is 35.2 Å². The normalized spacial score (nSPS) is 25.6. The third kappa shape index (κ3) is 3.04. The van der Waals surface area contributed by atoms with E-state index in [0.29, 0.717) is 5.11 Å². The molecule has 0 aromatic heterocycles. The number of hydrogen-bond acceptors (Lipinski definition) is 3. The molecule has 1 fully saturated rings. The molecule has 2 aromatic rings. The summed E-state index contributed by atoms with van der Waals surface area (Å²) in [5, 5.41) is 10.0. The van der Waals surface area contributed by atoms with Crippen LogP contribution in [-0.4, -0.2) is 16.7 Å². The smallest absolute Gasteiger partial charge is 0.236 e. The summed E-state index contributed by atoms with van der Waals surface area (Å²) < 4.78 is 6.24. The van der Waals surface area contributed by atoms with Gasteiger partial charge in [-0.3, -0.25) is 4.79 Å². The standard InChI is InChI=1S/C21H23N3O2S/c1-11-5-7-15(13(3)9-11)22-19(25)17-18-14-10-12(2)6-8-16(14)26-21(17,4)24-20(27)23-18/h5-10,17-18H,1-4H3,(H,22,25)(H2,23,24,27)/t17?,18?,21-/m0/s1. The largest absolute Gasteiger partial charge is 0.467 e. The highest BCUT2D eigenvalue weighted by Gasteiger charge is 2.54. The molecule has 1 amide bonds. The number of carbonyl (C=O) groups is 1. The lowest BCUT2D eigenvalue weighted by atomic mass is 9.79. The lowest BCUT2D eigenvalue weighted by Crippen LogP contribution is -2.70. The van der Waals surface area contributed by atoms with Crippen molar-refractivity contribution >= 4 is 28.9 Å². The summed E-state index contributed by atoms with van der Waals surface area (Å²) >= 11 is 5.36. The number of amides is 1. The first-order chi connectivity index (χ1) is 12.8. The maximum absolute atomic E-state index is 13.3. The lowest BCUT2D eigenvalue weighted by Gasteiger charge is -2.50. The van der Waals surface area contributed by atoms with E-state index in [1.165, 1.54) is 0 Å². The Labute approximate surface area is 164 Å². The first kappa shape index (κ1) is 17.8. The molecule has 2 heterocycles. The van der Waals surface area contributed by atoms with Gasteiger partial charge < -0.3 is 20.7 Å². The minimum Gasteiger partial charge on any atom is -0.467 e. The Balaban J connectivity index is 1.73. The molecule has 2 bridgehead atoms. The zero-order chi connectivity index (χ0) is 19.3. The molecule has 2 aromatic carbocycles. The number of rotatable bonds is 2. The quantitative estimate of drug-likeness (QED) is 0.695. The fourth-order valence-electron chi connectivity index (χ4n) is 4.03. The van der Waals surface area contributed by atoms with Gasteiger partial charge in [-0.25, -0.2) is 0 Å². The molecule has 0 aliphatic carbocycles. The molecule has 5 nitrogen and oxygen atoms in total. The Morgan fingerprint density at radius 3 is 2.59 bits per heavy atom. The highest BCUT2D eigenvalue weighted by atomic mass is 32.1. The molecule has 3 atom stereocenters. The van der Waals surface area contributed by atoms with Crippen LogP contribution in [0.3, 0.4) is 0 Å². The van der Waals surface area contributed by atoms with E-state index in [1.54, 1.807) is 0 Å². The van der Waals surface area contributed by atoms with Crippen molar-refractivity contribution in [1.82, 2.24) is 10.6 Å². The Hall–Kier alpha value is -2.60. The summed E-state index contributed by atoms with van der Waals surface area (Å²) in [5.74, 6) is 0.175. The number of anilines is 1. The van der Waals surface area contributed by atoms with Crippen LogP contribution in [-0.2, 0) is 4.79 Å². The van der Waals surface area contributed by atoms with Crippen LogP contribution in [0.2, 0.25) is 0 Å². The van der Waals surface area contributed by atoms with Crippen LogP contribution in [0.25, 0.3) is 0 Å². The second-order valence-corrected chi connectivity index (χ2v) is 8.02. The minimum absolute atomic E-state index is 0.107. The zero-order valence-corrected chi connectivity index (χ0v) is 16.7. The van der Waals surface area contributed by atoms with Crippen molar-refractivity contribution in [3.8, 4) is 5.75 Å². The summed E-state index contributed by atoms with van der Waals surface area (Å²) in [7, 11) is 0. The molecule has 0 saturated carbocycles. The van der Waals surface area contributed by atoms with Crippen LogP contribution in [0, 0.1) is 26.7 Å². The number of fused-ring (bicyclic) bond motifs is 4. The first-order valence-corrected chi connectivity index (χ1v) is 9.44. The third-order valence-corrected chi connectivity index (χ3v) is 5.54. The Bertz CT molecular complexity index is 958. The molecular formula is C21H23N3O2S. The summed E-state index contributed by atoms with van der Waals surface area (Å²) in [6, 6.07) is 11.7. The van der Waals surface area contributed by atoms with Crippen molar-refractivity contribution in [3.05, 3.63) is 58.7 Å². The van der Waals surface area contributed by atoms with Crippen molar-refractivity contribution < 1.29 is 9.53 Å². The highest BCUT2D eigenvalue weighted by molar-refractivity contribution is 7.80. The summed E-state index contributed by atoms with van der Waals surface area (Å²) in [6.07, 6.45) is 0. The molecule has 0 spiro atoms. The molecule has 27 heavy (non-hydrogen) atoms. The number of ether oxygens (including phenoxy) is 1. The predicted octanol–water partition coefficient (Wildman–Crippen LogP) is 3.49. The number of aryl methyl sites for hydroxylation is 3. The maximum atomic E-state index is 13.3. The van der Waals surface area contributed by atoms with Crippen LogP contribution < -0.4 is 20.7 Å². The van der Waals surface area contributed by atoms with Crippen molar-refractivity contribution in [2.75, 3.05) is 5.32 Å². The molecule has 2 unspecified atom stereocenters. The van der Waals surface area contributed by atoms with E-state index in [2.05, 4.69) is 28.1 Å². The van der Waals surface area contributed by atoms with Gasteiger partial charge in [0.25, 0.3) is 0 Å².